The first-order chi connectivity index (χ1) is 13.2. The molecule has 27 heavy (non-hydrogen) atoms. The van der Waals surface area contributed by atoms with Gasteiger partial charge in [-0.15, -0.1) is 0 Å². The second-order valence-electron chi connectivity index (χ2n) is 6.37. The zero-order valence-corrected chi connectivity index (χ0v) is 15.6. The van der Waals surface area contributed by atoms with Gasteiger partial charge in [-0.1, -0.05) is 18.2 Å². The number of likely N-dealkylation sites (N-methyl/N-ethyl adjacent to an activating group) is 1. The van der Waals surface area contributed by atoms with Gasteiger partial charge in [0.1, 0.15) is 17.3 Å². The number of para-hydroxylation sites is 1. The summed E-state index contributed by atoms with van der Waals surface area (Å²) in [6, 6.07) is 15.2. The minimum atomic E-state index is 0.0130. The molecule has 0 saturated heterocycles. The van der Waals surface area contributed by atoms with Crippen LogP contribution in [0.4, 0.5) is 0 Å². The number of hydrogen-bond acceptors (Lipinski definition) is 5. The quantitative estimate of drug-likeness (QED) is 0.578. The second-order valence-corrected chi connectivity index (χ2v) is 6.37. The predicted molar refractivity (Wildman–Crippen MR) is 101 cm³/mol. The monoisotopic (exact) mass is 368 g/mol. The number of hydrogen-bond donors (Lipinski definition) is 0. The smallest absolute Gasteiger partial charge is 0.236 e. The fourth-order valence-electron chi connectivity index (χ4n) is 2.90. The zero-order chi connectivity index (χ0) is 19.1. The van der Waals surface area contributed by atoms with Crippen molar-refractivity contribution in [2.45, 2.75) is 19.6 Å². The fraction of sp³-hybridized carbons (Fsp3) is 0.286. The van der Waals surface area contributed by atoms with Crippen LogP contribution in [0.1, 0.15) is 17.1 Å². The summed E-state index contributed by atoms with van der Waals surface area (Å²) in [5.74, 6) is 2.41. The summed E-state index contributed by atoms with van der Waals surface area (Å²) in [7, 11) is 3.43. The Morgan fingerprint density at radius 3 is 2.11 bits per heavy atom. The molecule has 0 saturated carbocycles. The molecule has 0 atom stereocenters. The molecular formula is C21H24N2O4. The van der Waals surface area contributed by atoms with E-state index in [1.54, 1.807) is 31.6 Å². The Hall–Kier alpha value is -2.99. The van der Waals surface area contributed by atoms with E-state index in [1.165, 1.54) is 0 Å². The molecule has 1 aromatic carbocycles. The molecule has 3 rings (SSSR count). The van der Waals surface area contributed by atoms with Crippen molar-refractivity contribution in [2.24, 2.45) is 0 Å². The van der Waals surface area contributed by atoms with Crippen LogP contribution in [0.5, 0.6) is 5.75 Å². The molecule has 3 aromatic rings. The Morgan fingerprint density at radius 1 is 0.926 bits per heavy atom. The lowest BCUT2D eigenvalue weighted by Gasteiger charge is -2.24. The predicted octanol–water partition coefficient (Wildman–Crippen LogP) is 3.54. The zero-order valence-electron chi connectivity index (χ0n) is 15.6. The highest BCUT2D eigenvalue weighted by Crippen LogP contribution is 2.19. The third-order valence-corrected chi connectivity index (χ3v) is 4.30. The van der Waals surface area contributed by atoms with Crippen molar-refractivity contribution >= 4 is 5.91 Å². The first kappa shape index (κ1) is 18.8. The van der Waals surface area contributed by atoms with Gasteiger partial charge in [-0.05, 0) is 30.3 Å². The number of ether oxygens (including phenoxy) is 1. The minimum Gasteiger partial charge on any atom is -0.496 e. The normalized spacial score (nSPS) is 10.9. The van der Waals surface area contributed by atoms with Crippen molar-refractivity contribution in [3.63, 3.8) is 0 Å². The molecule has 0 N–H and O–H groups in total. The average Bonchev–Trinajstić information content (AvgIpc) is 3.36. The summed E-state index contributed by atoms with van der Waals surface area (Å²) in [5, 5.41) is 0. The first-order valence-electron chi connectivity index (χ1n) is 8.78. The first-order valence-corrected chi connectivity index (χ1v) is 8.78. The van der Waals surface area contributed by atoms with E-state index >= 15 is 0 Å². The van der Waals surface area contributed by atoms with Gasteiger partial charge in [-0.2, -0.15) is 0 Å². The summed E-state index contributed by atoms with van der Waals surface area (Å²) < 4.78 is 16.2. The van der Waals surface area contributed by atoms with E-state index in [4.69, 9.17) is 13.6 Å². The van der Waals surface area contributed by atoms with Crippen LogP contribution in [-0.4, -0.2) is 36.4 Å². The van der Waals surface area contributed by atoms with Crippen molar-refractivity contribution in [1.29, 1.82) is 0 Å². The number of nitrogens with zero attached hydrogens (tertiary/aromatic N) is 2. The number of rotatable bonds is 9. The maximum atomic E-state index is 12.8. The number of furan rings is 2. The lowest BCUT2D eigenvalue weighted by molar-refractivity contribution is -0.132. The van der Waals surface area contributed by atoms with Gasteiger partial charge in [0.2, 0.25) is 5.91 Å². The van der Waals surface area contributed by atoms with Crippen LogP contribution in [0.3, 0.4) is 0 Å². The topological polar surface area (TPSA) is 59.1 Å². The van der Waals surface area contributed by atoms with Gasteiger partial charge in [0, 0.05) is 19.2 Å². The summed E-state index contributed by atoms with van der Waals surface area (Å²) >= 11 is 0. The number of benzene rings is 1. The Morgan fingerprint density at radius 2 is 1.56 bits per heavy atom. The fourth-order valence-corrected chi connectivity index (χ4v) is 2.90. The van der Waals surface area contributed by atoms with Gasteiger partial charge >= 0.3 is 0 Å². The van der Waals surface area contributed by atoms with Crippen LogP contribution < -0.4 is 4.74 Å². The third kappa shape index (κ3) is 5.24. The molecule has 0 aliphatic heterocycles. The number of amides is 1. The Kier molecular flexibility index (Phi) is 6.33. The SMILES string of the molecule is COc1ccccc1CN(C)C(=O)CN(Cc1ccco1)Cc1ccco1. The van der Waals surface area contributed by atoms with Crippen LogP contribution in [0.15, 0.2) is 69.9 Å². The van der Waals surface area contributed by atoms with Crippen LogP contribution >= 0.6 is 0 Å². The van der Waals surface area contributed by atoms with Crippen LogP contribution in [0.25, 0.3) is 0 Å². The standard InChI is InChI=1S/C21H24N2O4/c1-22(13-17-7-3-4-10-20(17)25-2)21(24)16-23(14-18-8-5-11-26-18)15-19-9-6-12-27-19/h3-12H,13-16H2,1-2H3. The largest absolute Gasteiger partial charge is 0.496 e. The summed E-state index contributed by atoms with van der Waals surface area (Å²) in [4.78, 5) is 16.5. The highest BCUT2D eigenvalue weighted by Gasteiger charge is 2.18. The lowest BCUT2D eigenvalue weighted by atomic mass is 10.2. The summed E-state index contributed by atoms with van der Waals surface area (Å²) in [6.45, 7) is 1.80. The average molecular weight is 368 g/mol. The molecule has 0 fully saturated rings. The highest BCUT2D eigenvalue weighted by molar-refractivity contribution is 5.78. The van der Waals surface area contributed by atoms with E-state index in [0.29, 0.717) is 19.6 Å². The van der Waals surface area contributed by atoms with Crippen LogP contribution in [-0.2, 0) is 24.4 Å². The van der Waals surface area contributed by atoms with E-state index in [2.05, 4.69) is 0 Å². The number of carbonyl (C=O) groups excluding carboxylic acids is 1. The molecule has 0 bridgehead atoms. The second kappa shape index (κ2) is 9.09. The molecule has 0 unspecified atom stereocenters. The molecule has 0 aliphatic carbocycles. The van der Waals surface area contributed by atoms with Crippen molar-refractivity contribution < 1.29 is 18.4 Å². The summed E-state index contributed by atoms with van der Waals surface area (Å²) in [6.07, 6.45) is 3.27. The van der Waals surface area contributed by atoms with Crippen molar-refractivity contribution in [2.75, 3.05) is 20.7 Å². The lowest BCUT2D eigenvalue weighted by Crippen LogP contribution is -2.37. The van der Waals surface area contributed by atoms with E-state index in [-0.39, 0.29) is 12.5 Å². The Balaban J connectivity index is 1.65. The molecule has 1 amide bonds. The molecule has 6 nitrogen and oxygen atoms in total. The molecule has 0 aliphatic rings. The molecule has 2 aromatic heterocycles. The van der Waals surface area contributed by atoms with Crippen LogP contribution in [0, 0.1) is 0 Å². The van der Waals surface area contributed by atoms with Crippen molar-refractivity contribution in [3.05, 3.63) is 78.1 Å². The Labute approximate surface area is 158 Å². The Bertz CT molecular complexity index is 792. The highest BCUT2D eigenvalue weighted by atomic mass is 16.5. The van der Waals surface area contributed by atoms with Gasteiger partial charge in [-0.3, -0.25) is 9.69 Å². The maximum Gasteiger partial charge on any atom is 0.236 e. The van der Waals surface area contributed by atoms with Gasteiger partial charge < -0.3 is 18.5 Å². The van der Waals surface area contributed by atoms with E-state index in [9.17, 15) is 4.79 Å². The van der Waals surface area contributed by atoms with E-state index < -0.39 is 0 Å². The van der Waals surface area contributed by atoms with Gasteiger partial charge in [0.05, 0.1) is 39.3 Å². The van der Waals surface area contributed by atoms with Gasteiger partial charge in [0.25, 0.3) is 0 Å². The van der Waals surface area contributed by atoms with E-state index in [0.717, 1.165) is 22.8 Å². The minimum absolute atomic E-state index is 0.0130. The van der Waals surface area contributed by atoms with Crippen molar-refractivity contribution in [3.8, 4) is 5.75 Å². The summed E-state index contributed by atoms with van der Waals surface area (Å²) in [5.41, 5.74) is 0.972. The molecule has 0 spiro atoms. The van der Waals surface area contributed by atoms with Crippen LogP contribution in [0.2, 0.25) is 0 Å². The van der Waals surface area contributed by atoms with E-state index in [1.807, 2.05) is 53.4 Å². The number of carbonyl (C=O) groups is 1. The molecule has 6 heteroatoms. The number of methoxy groups -OCH3 is 1. The molecular weight excluding hydrogens is 344 g/mol. The van der Waals surface area contributed by atoms with Crippen molar-refractivity contribution in [1.82, 2.24) is 9.80 Å². The maximum absolute atomic E-state index is 12.8. The van der Waals surface area contributed by atoms with Gasteiger partial charge in [-0.25, -0.2) is 0 Å². The molecule has 0 radical (unpaired) electrons. The molecule has 2 heterocycles. The van der Waals surface area contributed by atoms with Gasteiger partial charge in [0.15, 0.2) is 0 Å². The molecule has 142 valence electrons. The third-order valence-electron chi connectivity index (χ3n) is 4.30.